The average Bonchev–Trinajstić information content (AvgIpc) is 2.35. The summed E-state index contributed by atoms with van der Waals surface area (Å²) >= 11 is 6.40. The van der Waals surface area contributed by atoms with Crippen LogP contribution in [0.25, 0.3) is 0 Å². The molecule has 0 amide bonds. The molecule has 0 aliphatic heterocycles. The van der Waals surface area contributed by atoms with E-state index in [2.05, 4.69) is 43.1 Å². The Morgan fingerprint density at radius 3 is 2.45 bits per heavy atom. The van der Waals surface area contributed by atoms with Crippen LogP contribution in [0.4, 0.5) is 5.69 Å². The second-order valence-electron chi connectivity index (χ2n) is 5.81. The molecule has 1 atom stereocenters. The molecule has 0 aliphatic rings. The molecule has 0 heterocycles. The average molecular weight is 299 g/mol. The van der Waals surface area contributed by atoms with Gasteiger partial charge in [-0.15, -0.1) is 0 Å². The molecule has 1 rings (SSSR count). The van der Waals surface area contributed by atoms with E-state index >= 15 is 0 Å². The summed E-state index contributed by atoms with van der Waals surface area (Å²) < 4.78 is 0. The molecular formula is C16H27ClN2O. The van der Waals surface area contributed by atoms with Gasteiger partial charge in [-0.3, -0.25) is 0 Å². The first-order chi connectivity index (χ1) is 9.28. The molecule has 0 spiro atoms. The van der Waals surface area contributed by atoms with E-state index in [0.717, 1.165) is 29.4 Å². The molecule has 1 aromatic rings. The zero-order valence-electron chi connectivity index (χ0n) is 13.2. The van der Waals surface area contributed by atoms with Gasteiger partial charge in [0.05, 0.1) is 5.60 Å². The first kappa shape index (κ1) is 17.3. The monoisotopic (exact) mass is 298 g/mol. The zero-order valence-corrected chi connectivity index (χ0v) is 14.0. The summed E-state index contributed by atoms with van der Waals surface area (Å²) in [6.45, 7) is 12.2. The van der Waals surface area contributed by atoms with Gasteiger partial charge in [-0.2, -0.15) is 0 Å². The lowest BCUT2D eigenvalue weighted by Crippen LogP contribution is -2.38. The van der Waals surface area contributed by atoms with Gasteiger partial charge in [-0.25, -0.2) is 0 Å². The highest BCUT2D eigenvalue weighted by atomic mass is 35.5. The molecular weight excluding hydrogens is 272 g/mol. The second-order valence-corrected chi connectivity index (χ2v) is 6.22. The lowest BCUT2D eigenvalue weighted by atomic mass is 10.1. The number of hydrogen-bond acceptors (Lipinski definition) is 3. The lowest BCUT2D eigenvalue weighted by molar-refractivity contribution is 0.0876. The third-order valence-corrected chi connectivity index (χ3v) is 3.61. The fraction of sp³-hybridized carbons (Fsp3) is 0.625. The van der Waals surface area contributed by atoms with Crippen LogP contribution in [0.15, 0.2) is 18.2 Å². The zero-order chi connectivity index (χ0) is 15.3. The molecule has 0 aromatic heterocycles. The van der Waals surface area contributed by atoms with Gasteiger partial charge < -0.3 is 15.3 Å². The fourth-order valence-corrected chi connectivity index (χ4v) is 2.67. The van der Waals surface area contributed by atoms with Crippen molar-refractivity contribution in [1.29, 1.82) is 0 Å². The highest BCUT2D eigenvalue weighted by Crippen LogP contribution is 2.28. The number of nitrogens with one attached hydrogen (secondary N) is 1. The van der Waals surface area contributed by atoms with E-state index in [-0.39, 0.29) is 6.04 Å². The van der Waals surface area contributed by atoms with Crippen LogP contribution in [-0.2, 0) is 0 Å². The van der Waals surface area contributed by atoms with Crippen molar-refractivity contribution in [2.24, 2.45) is 0 Å². The summed E-state index contributed by atoms with van der Waals surface area (Å²) in [4.78, 5) is 2.13. The quantitative estimate of drug-likeness (QED) is 0.807. The summed E-state index contributed by atoms with van der Waals surface area (Å²) in [5, 5.41) is 14.1. The molecule has 0 saturated carbocycles. The van der Waals surface area contributed by atoms with Crippen LogP contribution in [0.5, 0.6) is 0 Å². The number of anilines is 1. The molecule has 1 unspecified atom stereocenters. The van der Waals surface area contributed by atoms with E-state index in [9.17, 15) is 5.11 Å². The van der Waals surface area contributed by atoms with Crippen LogP contribution < -0.4 is 10.2 Å². The first-order valence-corrected chi connectivity index (χ1v) is 7.66. The molecule has 20 heavy (non-hydrogen) atoms. The molecule has 0 saturated heterocycles. The van der Waals surface area contributed by atoms with E-state index in [4.69, 9.17) is 11.6 Å². The fourth-order valence-electron chi connectivity index (χ4n) is 2.33. The Hall–Kier alpha value is -0.770. The minimum Gasteiger partial charge on any atom is -0.389 e. The van der Waals surface area contributed by atoms with Crippen LogP contribution in [0.3, 0.4) is 0 Å². The molecule has 114 valence electrons. The number of likely N-dealkylation sites (N-methyl/N-ethyl adjacent to an activating group) is 1. The highest BCUT2D eigenvalue weighted by molar-refractivity contribution is 6.31. The maximum absolute atomic E-state index is 9.98. The summed E-state index contributed by atoms with van der Waals surface area (Å²) in [5.74, 6) is 0. The third kappa shape index (κ3) is 4.97. The van der Waals surface area contributed by atoms with Gasteiger partial charge in [-0.1, -0.05) is 24.6 Å². The molecule has 0 fully saturated rings. The highest BCUT2D eigenvalue weighted by Gasteiger charge is 2.18. The molecule has 1 aromatic carbocycles. The van der Waals surface area contributed by atoms with Crippen LogP contribution in [0, 0.1) is 0 Å². The van der Waals surface area contributed by atoms with Gasteiger partial charge >= 0.3 is 0 Å². The standard InChI is InChI=1S/C16H27ClN2O/c1-6-18-12(3)14-9-8-13(10-15(14)17)19(7-2)11-16(4,5)20/h8-10,12,18,20H,6-7,11H2,1-5H3. The second kappa shape index (κ2) is 7.30. The van der Waals surface area contributed by atoms with E-state index in [0.29, 0.717) is 6.54 Å². The van der Waals surface area contributed by atoms with Crippen molar-refractivity contribution in [1.82, 2.24) is 5.32 Å². The van der Waals surface area contributed by atoms with Crippen molar-refractivity contribution in [2.45, 2.75) is 46.3 Å². The first-order valence-electron chi connectivity index (χ1n) is 7.28. The Morgan fingerprint density at radius 1 is 1.35 bits per heavy atom. The van der Waals surface area contributed by atoms with Gasteiger partial charge in [0.25, 0.3) is 0 Å². The summed E-state index contributed by atoms with van der Waals surface area (Å²) in [7, 11) is 0. The van der Waals surface area contributed by atoms with E-state index in [1.165, 1.54) is 0 Å². The van der Waals surface area contributed by atoms with Crippen molar-refractivity contribution in [3.8, 4) is 0 Å². The van der Waals surface area contributed by atoms with E-state index in [1.807, 2.05) is 19.9 Å². The van der Waals surface area contributed by atoms with Gasteiger partial charge in [0.15, 0.2) is 0 Å². The van der Waals surface area contributed by atoms with Crippen molar-refractivity contribution in [3.05, 3.63) is 28.8 Å². The van der Waals surface area contributed by atoms with Crippen molar-refractivity contribution in [2.75, 3.05) is 24.5 Å². The predicted molar refractivity (Wildman–Crippen MR) is 87.7 cm³/mol. The van der Waals surface area contributed by atoms with Gasteiger partial charge in [0.2, 0.25) is 0 Å². The van der Waals surface area contributed by atoms with Crippen molar-refractivity contribution < 1.29 is 5.11 Å². The Bertz CT molecular complexity index is 429. The van der Waals surface area contributed by atoms with Crippen LogP contribution in [0.2, 0.25) is 5.02 Å². The molecule has 0 radical (unpaired) electrons. The SMILES string of the molecule is CCNC(C)c1ccc(N(CC)CC(C)(C)O)cc1Cl. The largest absolute Gasteiger partial charge is 0.389 e. The van der Waals surface area contributed by atoms with Gasteiger partial charge in [-0.05, 0) is 51.9 Å². The Balaban J connectivity index is 2.95. The summed E-state index contributed by atoms with van der Waals surface area (Å²) in [6, 6.07) is 6.37. The number of halogens is 1. The molecule has 4 heteroatoms. The van der Waals surface area contributed by atoms with Gasteiger partial charge in [0.1, 0.15) is 0 Å². The minimum atomic E-state index is -0.724. The van der Waals surface area contributed by atoms with Crippen molar-refractivity contribution in [3.63, 3.8) is 0 Å². The molecule has 0 bridgehead atoms. The van der Waals surface area contributed by atoms with E-state index < -0.39 is 5.60 Å². The summed E-state index contributed by atoms with van der Waals surface area (Å²) in [5.41, 5.74) is 1.43. The molecule has 3 nitrogen and oxygen atoms in total. The number of aliphatic hydroxyl groups is 1. The Morgan fingerprint density at radius 2 is 2.00 bits per heavy atom. The summed E-state index contributed by atoms with van der Waals surface area (Å²) in [6.07, 6.45) is 0. The number of nitrogens with zero attached hydrogens (tertiary/aromatic N) is 1. The molecule has 0 aliphatic carbocycles. The number of benzene rings is 1. The molecule has 2 N–H and O–H groups in total. The normalized spacial score (nSPS) is 13.3. The maximum atomic E-state index is 9.98. The third-order valence-electron chi connectivity index (χ3n) is 3.29. The Labute approximate surface area is 127 Å². The topological polar surface area (TPSA) is 35.5 Å². The van der Waals surface area contributed by atoms with Crippen LogP contribution >= 0.6 is 11.6 Å². The lowest BCUT2D eigenvalue weighted by Gasteiger charge is -2.30. The van der Waals surface area contributed by atoms with E-state index in [1.54, 1.807) is 0 Å². The van der Waals surface area contributed by atoms with Crippen LogP contribution in [-0.4, -0.2) is 30.3 Å². The predicted octanol–water partition coefficient (Wildman–Crippen LogP) is 3.61. The van der Waals surface area contributed by atoms with Crippen molar-refractivity contribution >= 4 is 17.3 Å². The Kier molecular flexibility index (Phi) is 6.31. The number of hydrogen-bond donors (Lipinski definition) is 2. The number of rotatable bonds is 7. The maximum Gasteiger partial charge on any atom is 0.0765 e. The minimum absolute atomic E-state index is 0.242. The van der Waals surface area contributed by atoms with Crippen LogP contribution in [0.1, 0.15) is 46.2 Å². The van der Waals surface area contributed by atoms with Gasteiger partial charge in [0, 0.05) is 29.8 Å². The smallest absolute Gasteiger partial charge is 0.0765 e.